The van der Waals surface area contributed by atoms with Crippen LogP contribution in [-0.4, -0.2) is 22.8 Å². The van der Waals surface area contributed by atoms with Crippen LogP contribution < -0.4 is 5.32 Å². The summed E-state index contributed by atoms with van der Waals surface area (Å²) in [5, 5.41) is 12.6. The summed E-state index contributed by atoms with van der Waals surface area (Å²) in [6.07, 6.45) is -1.52. The molecule has 0 radical (unpaired) electrons. The first kappa shape index (κ1) is 15.4. The van der Waals surface area contributed by atoms with Crippen molar-refractivity contribution in [3.8, 4) is 0 Å². The molecule has 1 aromatic carbocycles. The molecule has 2 N–H and O–H groups in total. The first-order valence-electron chi connectivity index (χ1n) is 6.12. The molecular formula is C14H20FNO3. The maximum Gasteiger partial charge on any atom is 0.407 e. The van der Waals surface area contributed by atoms with Crippen molar-refractivity contribution in [1.82, 2.24) is 5.32 Å². The second kappa shape index (κ2) is 6.02. The minimum absolute atomic E-state index is 0.372. The Morgan fingerprint density at radius 2 is 1.84 bits per heavy atom. The Hall–Kier alpha value is -1.62. The molecule has 2 atom stereocenters. The van der Waals surface area contributed by atoms with Crippen molar-refractivity contribution in [2.75, 3.05) is 0 Å². The number of aliphatic hydroxyl groups excluding tert-OH is 1. The fourth-order valence-corrected chi connectivity index (χ4v) is 1.52. The number of benzene rings is 1. The summed E-state index contributed by atoms with van der Waals surface area (Å²) in [7, 11) is 0. The van der Waals surface area contributed by atoms with E-state index in [0.29, 0.717) is 5.56 Å². The molecule has 0 aromatic heterocycles. The highest BCUT2D eigenvalue weighted by Crippen LogP contribution is 2.17. The van der Waals surface area contributed by atoms with Gasteiger partial charge in [0.15, 0.2) is 0 Å². The molecule has 5 heteroatoms. The van der Waals surface area contributed by atoms with Crippen LogP contribution in [0.5, 0.6) is 0 Å². The molecule has 0 saturated carbocycles. The van der Waals surface area contributed by atoms with Crippen LogP contribution in [0, 0.1) is 5.82 Å². The smallest absolute Gasteiger partial charge is 0.407 e. The maximum atomic E-state index is 12.8. The largest absolute Gasteiger partial charge is 0.444 e. The lowest BCUT2D eigenvalue weighted by Crippen LogP contribution is -2.40. The van der Waals surface area contributed by atoms with Gasteiger partial charge in [-0.25, -0.2) is 9.18 Å². The van der Waals surface area contributed by atoms with Crippen LogP contribution in [0.3, 0.4) is 0 Å². The number of carbonyl (C=O) groups excluding carboxylic acids is 1. The first-order chi connectivity index (χ1) is 8.69. The van der Waals surface area contributed by atoms with E-state index < -0.39 is 23.8 Å². The molecule has 0 fully saturated rings. The van der Waals surface area contributed by atoms with Crippen molar-refractivity contribution in [1.29, 1.82) is 0 Å². The van der Waals surface area contributed by atoms with Crippen molar-refractivity contribution in [3.63, 3.8) is 0 Å². The molecule has 0 aliphatic rings. The maximum absolute atomic E-state index is 12.8. The summed E-state index contributed by atoms with van der Waals surface area (Å²) in [6.45, 7) is 6.92. The van der Waals surface area contributed by atoms with Gasteiger partial charge in [-0.05, 0) is 45.4 Å². The van der Waals surface area contributed by atoms with E-state index in [-0.39, 0.29) is 5.82 Å². The quantitative estimate of drug-likeness (QED) is 0.887. The number of alkyl carbamates (subject to hydrolysis) is 1. The molecule has 1 rings (SSSR count). The highest BCUT2D eigenvalue weighted by atomic mass is 19.1. The van der Waals surface area contributed by atoms with Gasteiger partial charge in [0.05, 0.1) is 12.1 Å². The van der Waals surface area contributed by atoms with Gasteiger partial charge in [-0.3, -0.25) is 0 Å². The molecule has 19 heavy (non-hydrogen) atoms. The molecule has 0 spiro atoms. The SMILES string of the molecule is C[C@H](NC(=O)OC(C)(C)C)[C@H](O)c1ccc(F)cc1. The second-order valence-electron chi connectivity index (χ2n) is 5.43. The third kappa shape index (κ3) is 5.26. The van der Waals surface area contributed by atoms with Gasteiger partial charge in [-0.2, -0.15) is 0 Å². The van der Waals surface area contributed by atoms with E-state index in [9.17, 15) is 14.3 Å². The standard InChI is InChI=1S/C14H20FNO3/c1-9(16-13(18)19-14(2,3)4)12(17)10-5-7-11(15)8-6-10/h5-9,12,17H,1-4H3,(H,16,18)/t9-,12-/m0/s1. The normalized spacial score (nSPS) is 14.6. The Kier molecular flexibility index (Phi) is 4.89. The number of aliphatic hydroxyl groups is 1. The Morgan fingerprint density at radius 3 is 2.32 bits per heavy atom. The van der Waals surface area contributed by atoms with E-state index in [1.165, 1.54) is 24.3 Å². The predicted octanol–water partition coefficient (Wildman–Crippen LogP) is 2.77. The molecule has 1 amide bonds. The van der Waals surface area contributed by atoms with Crippen LogP contribution in [0.2, 0.25) is 0 Å². The topological polar surface area (TPSA) is 58.6 Å². The molecule has 106 valence electrons. The second-order valence-corrected chi connectivity index (χ2v) is 5.43. The van der Waals surface area contributed by atoms with Crippen LogP contribution >= 0.6 is 0 Å². The number of halogens is 1. The van der Waals surface area contributed by atoms with Crippen molar-refractivity contribution in [3.05, 3.63) is 35.6 Å². The molecule has 0 heterocycles. The molecular weight excluding hydrogens is 249 g/mol. The van der Waals surface area contributed by atoms with Gasteiger partial charge in [0.2, 0.25) is 0 Å². The average molecular weight is 269 g/mol. The van der Waals surface area contributed by atoms with Crippen LogP contribution in [0.15, 0.2) is 24.3 Å². The minimum atomic E-state index is -0.923. The zero-order valence-electron chi connectivity index (χ0n) is 11.6. The fraction of sp³-hybridized carbons (Fsp3) is 0.500. The van der Waals surface area contributed by atoms with Crippen LogP contribution in [0.1, 0.15) is 39.4 Å². The number of hydrogen-bond donors (Lipinski definition) is 2. The summed E-state index contributed by atoms with van der Waals surface area (Å²) < 4.78 is 17.9. The number of nitrogens with one attached hydrogen (secondary N) is 1. The molecule has 1 aromatic rings. The average Bonchev–Trinajstić information content (AvgIpc) is 2.26. The third-order valence-electron chi connectivity index (χ3n) is 2.43. The van der Waals surface area contributed by atoms with E-state index in [4.69, 9.17) is 4.74 Å². The van der Waals surface area contributed by atoms with Crippen LogP contribution in [0.4, 0.5) is 9.18 Å². The zero-order chi connectivity index (χ0) is 14.6. The van der Waals surface area contributed by atoms with E-state index in [1.807, 2.05) is 0 Å². The van der Waals surface area contributed by atoms with Crippen molar-refractivity contribution in [2.45, 2.75) is 45.4 Å². The lowest BCUT2D eigenvalue weighted by Gasteiger charge is -2.24. The third-order valence-corrected chi connectivity index (χ3v) is 2.43. The van der Waals surface area contributed by atoms with E-state index in [1.54, 1.807) is 27.7 Å². The summed E-state index contributed by atoms with van der Waals surface area (Å²) in [5.41, 5.74) is -0.0603. The van der Waals surface area contributed by atoms with Gasteiger partial charge in [-0.1, -0.05) is 12.1 Å². The Bertz CT molecular complexity index is 425. The Morgan fingerprint density at radius 1 is 1.32 bits per heavy atom. The van der Waals surface area contributed by atoms with Crippen molar-refractivity contribution < 1.29 is 19.0 Å². The minimum Gasteiger partial charge on any atom is -0.444 e. The van der Waals surface area contributed by atoms with Gasteiger partial charge in [-0.15, -0.1) is 0 Å². The summed E-state index contributed by atoms with van der Waals surface area (Å²) >= 11 is 0. The van der Waals surface area contributed by atoms with Crippen molar-refractivity contribution >= 4 is 6.09 Å². The number of carbonyl (C=O) groups is 1. The molecule has 0 bridgehead atoms. The summed E-state index contributed by atoms with van der Waals surface area (Å²) in [5.74, 6) is -0.372. The molecule has 0 saturated heterocycles. The number of ether oxygens (including phenoxy) is 1. The van der Waals surface area contributed by atoms with E-state index in [0.717, 1.165) is 0 Å². The lowest BCUT2D eigenvalue weighted by molar-refractivity contribution is 0.0435. The molecule has 0 aliphatic carbocycles. The predicted molar refractivity (Wildman–Crippen MR) is 70.2 cm³/mol. The summed E-state index contributed by atoms with van der Waals surface area (Å²) in [6, 6.07) is 4.94. The number of hydrogen-bond acceptors (Lipinski definition) is 3. The highest BCUT2D eigenvalue weighted by Gasteiger charge is 2.22. The van der Waals surface area contributed by atoms with E-state index in [2.05, 4.69) is 5.32 Å². The van der Waals surface area contributed by atoms with Crippen LogP contribution in [0.25, 0.3) is 0 Å². The van der Waals surface area contributed by atoms with Gasteiger partial charge < -0.3 is 15.2 Å². The molecule has 4 nitrogen and oxygen atoms in total. The van der Waals surface area contributed by atoms with Gasteiger partial charge >= 0.3 is 6.09 Å². The van der Waals surface area contributed by atoms with Gasteiger partial charge in [0.1, 0.15) is 11.4 Å². The fourth-order valence-electron chi connectivity index (χ4n) is 1.52. The zero-order valence-corrected chi connectivity index (χ0v) is 11.6. The molecule has 0 unspecified atom stereocenters. The Labute approximate surface area is 112 Å². The van der Waals surface area contributed by atoms with E-state index >= 15 is 0 Å². The Balaban J connectivity index is 2.60. The number of rotatable bonds is 3. The number of amides is 1. The lowest BCUT2D eigenvalue weighted by atomic mass is 10.0. The van der Waals surface area contributed by atoms with Gasteiger partial charge in [0.25, 0.3) is 0 Å². The van der Waals surface area contributed by atoms with Crippen LogP contribution in [-0.2, 0) is 4.74 Å². The highest BCUT2D eigenvalue weighted by molar-refractivity contribution is 5.68. The monoisotopic (exact) mass is 269 g/mol. The molecule has 0 aliphatic heterocycles. The first-order valence-corrected chi connectivity index (χ1v) is 6.12. The van der Waals surface area contributed by atoms with Gasteiger partial charge in [0, 0.05) is 0 Å². The van der Waals surface area contributed by atoms with Crippen molar-refractivity contribution in [2.24, 2.45) is 0 Å². The summed E-state index contributed by atoms with van der Waals surface area (Å²) in [4.78, 5) is 11.6.